The predicted octanol–water partition coefficient (Wildman–Crippen LogP) is 2.86. The molecule has 1 aromatic heterocycles. The lowest BCUT2D eigenvalue weighted by Gasteiger charge is -2.24. The number of anilines is 1. The van der Waals surface area contributed by atoms with Gasteiger partial charge in [0, 0.05) is 18.1 Å². The first-order chi connectivity index (χ1) is 11.9. The molecule has 134 valence electrons. The van der Waals surface area contributed by atoms with Gasteiger partial charge in [0.25, 0.3) is 15.9 Å². The molecule has 0 atom stereocenters. The van der Waals surface area contributed by atoms with Crippen molar-refractivity contribution in [1.29, 1.82) is 0 Å². The van der Waals surface area contributed by atoms with Gasteiger partial charge in [-0.3, -0.25) is 4.79 Å². The van der Waals surface area contributed by atoms with Gasteiger partial charge in [0.15, 0.2) is 5.76 Å². The van der Waals surface area contributed by atoms with Crippen LogP contribution in [0.1, 0.15) is 10.6 Å². The van der Waals surface area contributed by atoms with Crippen LogP contribution in [0, 0.1) is 0 Å². The van der Waals surface area contributed by atoms with E-state index in [1.54, 1.807) is 6.07 Å². The first-order valence-corrected chi connectivity index (χ1v) is 9.51. The van der Waals surface area contributed by atoms with E-state index in [0.29, 0.717) is 23.9 Å². The number of morpholine rings is 1. The molecule has 0 aliphatic carbocycles. The molecule has 1 aliphatic rings. The maximum Gasteiger partial charge on any atom is 0.291 e. The highest BCUT2D eigenvalue weighted by molar-refractivity contribution is 7.89. The molecular formula is C15H14Cl2N2O5S. The summed E-state index contributed by atoms with van der Waals surface area (Å²) < 4.78 is 36.6. The van der Waals surface area contributed by atoms with Crippen molar-refractivity contribution in [2.24, 2.45) is 0 Å². The number of carbonyl (C=O) groups excluding carboxylic acids is 1. The van der Waals surface area contributed by atoms with Crippen molar-refractivity contribution >= 4 is 44.8 Å². The van der Waals surface area contributed by atoms with Crippen LogP contribution in [0.5, 0.6) is 0 Å². The van der Waals surface area contributed by atoms with Crippen LogP contribution in [0.2, 0.25) is 10.0 Å². The van der Waals surface area contributed by atoms with Gasteiger partial charge in [-0.1, -0.05) is 23.2 Å². The fourth-order valence-corrected chi connectivity index (χ4v) is 4.04. The third-order valence-electron chi connectivity index (χ3n) is 3.55. The van der Waals surface area contributed by atoms with Crippen LogP contribution in [-0.4, -0.2) is 44.9 Å². The summed E-state index contributed by atoms with van der Waals surface area (Å²) in [5.74, 6) is -0.759. The predicted molar refractivity (Wildman–Crippen MR) is 92.7 cm³/mol. The van der Waals surface area contributed by atoms with E-state index in [1.807, 2.05) is 0 Å². The Balaban J connectivity index is 1.77. The van der Waals surface area contributed by atoms with Crippen LogP contribution in [0.15, 0.2) is 39.8 Å². The summed E-state index contributed by atoms with van der Waals surface area (Å²) in [6.07, 6.45) is 0. The molecule has 0 radical (unpaired) electrons. The summed E-state index contributed by atoms with van der Waals surface area (Å²) in [4.78, 5) is 12.2. The molecule has 2 heterocycles. The number of rotatable bonds is 4. The molecule has 10 heteroatoms. The van der Waals surface area contributed by atoms with Crippen molar-refractivity contribution in [1.82, 2.24) is 4.31 Å². The molecule has 7 nitrogen and oxygen atoms in total. The first-order valence-electron chi connectivity index (χ1n) is 7.32. The number of furan rings is 1. The molecule has 0 saturated carbocycles. The molecule has 1 N–H and O–H groups in total. The number of benzene rings is 1. The zero-order valence-electron chi connectivity index (χ0n) is 12.9. The van der Waals surface area contributed by atoms with Crippen molar-refractivity contribution in [2.45, 2.75) is 5.09 Å². The van der Waals surface area contributed by atoms with Crippen LogP contribution < -0.4 is 5.32 Å². The highest BCUT2D eigenvalue weighted by atomic mass is 35.5. The van der Waals surface area contributed by atoms with Crippen molar-refractivity contribution in [2.75, 3.05) is 31.6 Å². The van der Waals surface area contributed by atoms with E-state index in [0.717, 1.165) is 0 Å². The summed E-state index contributed by atoms with van der Waals surface area (Å²) in [7, 11) is -3.80. The van der Waals surface area contributed by atoms with Gasteiger partial charge in [-0.2, -0.15) is 4.31 Å². The number of nitrogens with one attached hydrogen (secondary N) is 1. The quantitative estimate of drug-likeness (QED) is 0.845. The SMILES string of the molecule is O=C(Nc1ccc(Cl)cc1Cl)c1ccc(S(=O)(=O)N2CCOCC2)o1. The van der Waals surface area contributed by atoms with Crippen LogP contribution in [-0.2, 0) is 14.8 Å². The second kappa shape index (κ2) is 7.35. The van der Waals surface area contributed by atoms with Gasteiger partial charge in [-0.05, 0) is 30.3 Å². The summed E-state index contributed by atoms with van der Waals surface area (Å²) in [5.41, 5.74) is 0.338. The lowest BCUT2D eigenvalue weighted by atomic mass is 10.3. The van der Waals surface area contributed by atoms with Gasteiger partial charge >= 0.3 is 0 Å². The van der Waals surface area contributed by atoms with Gasteiger partial charge in [0.05, 0.1) is 23.9 Å². The Morgan fingerprint density at radius 2 is 1.84 bits per heavy atom. The van der Waals surface area contributed by atoms with Crippen LogP contribution in [0.3, 0.4) is 0 Å². The Morgan fingerprint density at radius 1 is 1.12 bits per heavy atom. The Hall–Kier alpha value is -1.58. The number of ether oxygens (including phenoxy) is 1. The van der Waals surface area contributed by atoms with E-state index >= 15 is 0 Å². The van der Waals surface area contributed by atoms with E-state index in [2.05, 4.69) is 5.32 Å². The minimum atomic E-state index is -3.80. The number of hydrogen-bond acceptors (Lipinski definition) is 5. The Labute approximate surface area is 154 Å². The van der Waals surface area contributed by atoms with Gasteiger partial charge in [0.2, 0.25) is 5.09 Å². The monoisotopic (exact) mass is 404 g/mol. The molecule has 1 aliphatic heterocycles. The average Bonchev–Trinajstić information content (AvgIpc) is 3.09. The van der Waals surface area contributed by atoms with Crippen LogP contribution >= 0.6 is 23.2 Å². The molecule has 0 unspecified atom stereocenters. The fraction of sp³-hybridized carbons (Fsp3) is 0.267. The maximum absolute atomic E-state index is 12.5. The summed E-state index contributed by atoms with van der Waals surface area (Å²) in [5, 5.41) is 2.94. The highest BCUT2D eigenvalue weighted by Crippen LogP contribution is 2.26. The smallest absolute Gasteiger partial charge is 0.291 e. The Kier molecular flexibility index (Phi) is 5.35. The molecule has 1 aromatic carbocycles. The number of nitrogens with zero attached hydrogens (tertiary/aromatic N) is 1. The van der Waals surface area contributed by atoms with Gasteiger partial charge < -0.3 is 14.5 Å². The Bertz CT molecular complexity index is 891. The number of halogens is 2. The second-order valence-electron chi connectivity index (χ2n) is 5.21. The van der Waals surface area contributed by atoms with Crippen molar-refractivity contribution in [3.63, 3.8) is 0 Å². The molecule has 25 heavy (non-hydrogen) atoms. The molecule has 1 saturated heterocycles. The summed E-state index contributed by atoms with van der Waals surface area (Å²) in [6.45, 7) is 1.13. The minimum absolute atomic E-state index is 0.141. The minimum Gasteiger partial charge on any atom is -0.438 e. The molecule has 2 aromatic rings. The molecule has 0 spiro atoms. The van der Waals surface area contributed by atoms with E-state index in [4.69, 9.17) is 32.4 Å². The van der Waals surface area contributed by atoms with Gasteiger partial charge in [-0.25, -0.2) is 8.42 Å². The third-order valence-corrected chi connectivity index (χ3v) is 5.87. The summed E-state index contributed by atoms with van der Waals surface area (Å²) >= 11 is 11.8. The molecule has 0 bridgehead atoms. The molecule has 1 fully saturated rings. The maximum atomic E-state index is 12.5. The largest absolute Gasteiger partial charge is 0.438 e. The fourth-order valence-electron chi connectivity index (χ4n) is 2.27. The van der Waals surface area contributed by atoms with Gasteiger partial charge in [-0.15, -0.1) is 0 Å². The lowest BCUT2D eigenvalue weighted by molar-refractivity contribution is 0.0723. The molecule has 1 amide bonds. The standard InChI is InChI=1S/C15H14Cl2N2O5S/c16-10-1-2-12(11(17)9-10)18-15(20)13-3-4-14(24-13)25(21,22)19-5-7-23-8-6-19/h1-4,9H,5-8H2,(H,18,20). The average molecular weight is 405 g/mol. The van der Waals surface area contributed by atoms with E-state index < -0.39 is 15.9 Å². The van der Waals surface area contributed by atoms with Crippen molar-refractivity contribution < 1.29 is 22.4 Å². The van der Waals surface area contributed by atoms with Crippen LogP contribution in [0.4, 0.5) is 5.69 Å². The zero-order chi connectivity index (χ0) is 18.0. The van der Waals surface area contributed by atoms with Gasteiger partial charge in [0.1, 0.15) is 0 Å². The van der Waals surface area contributed by atoms with E-state index in [1.165, 1.54) is 28.6 Å². The van der Waals surface area contributed by atoms with Crippen LogP contribution in [0.25, 0.3) is 0 Å². The summed E-state index contributed by atoms with van der Waals surface area (Å²) in [6, 6.07) is 7.14. The zero-order valence-corrected chi connectivity index (χ0v) is 15.2. The third kappa shape index (κ3) is 3.99. The van der Waals surface area contributed by atoms with Crippen molar-refractivity contribution in [3.8, 4) is 0 Å². The number of sulfonamides is 1. The topological polar surface area (TPSA) is 88.9 Å². The van der Waals surface area contributed by atoms with E-state index in [9.17, 15) is 13.2 Å². The number of hydrogen-bond donors (Lipinski definition) is 1. The molecular weight excluding hydrogens is 391 g/mol. The normalized spacial score (nSPS) is 15.9. The number of amides is 1. The Morgan fingerprint density at radius 3 is 2.52 bits per heavy atom. The van der Waals surface area contributed by atoms with E-state index in [-0.39, 0.29) is 29.0 Å². The first kappa shape index (κ1) is 18.2. The lowest BCUT2D eigenvalue weighted by Crippen LogP contribution is -2.40. The number of carbonyl (C=O) groups is 1. The highest BCUT2D eigenvalue weighted by Gasteiger charge is 2.30. The second-order valence-corrected chi connectivity index (χ2v) is 7.93. The molecule has 3 rings (SSSR count). The van der Waals surface area contributed by atoms with Crippen molar-refractivity contribution in [3.05, 3.63) is 46.1 Å².